The molecule has 1 aliphatic heterocycles. The Kier molecular flexibility index (Phi) is 6.56. The van der Waals surface area contributed by atoms with Crippen molar-refractivity contribution in [2.45, 2.75) is 50.6 Å². The lowest BCUT2D eigenvalue weighted by atomic mass is 9.80. The molecule has 1 saturated carbocycles. The zero-order chi connectivity index (χ0) is 21.8. The molecule has 0 radical (unpaired) electrons. The lowest BCUT2D eigenvalue weighted by Crippen LogP contribution is -2.63. The van der Waals surface area contributed by atoms with Gasteiger partial charge in [-0.05, 0) is 68.4 Å². The zero-order valence-corrected chi connectivity index (χ0v) is 18.1. The van der Waals surface area contributed by atoms with Crippen LogP contribution in [0.3, 0.4) is 0 Å². The van der Waals surface area contributed by atoms with Crippen LogP contribution < -0.4 is 16.4 Å². The van der Waals surface area contributed by atoms with E-state index in [2.05, 4.69) is 27.7 Å². The number of amides is 2. The van der Waals surface area contributed by atoms with Gasteiger partial charge in [0.2, 0.25) is 5.91 Å². The maximum absolute atomic E-state index is 12.2. The van der Waals surface area contributed by atoms with Crippen molar-refractivity contribution in [1.29, 1.82) is 0 Å². The van der Waals surface area contributed by atoms with Gasteiger partial charge >= 0.3 is 0 Å². The molecule has 1 heterocycles. The average Bonchev–Trinajstić information content (AvgIpc) is 2.75. The molecule has 2 aromatic rings. The molecule has 4 rings (SSSR count). The van der Waals surface area contributed by atoms with Gasteiger partial charge in [-0.15, -0.1) is 0 Å². The first kappa shape index (κ1) is 21.4. The van der Waals surface area contributed by atoms with Gasteiger partial charge in [0.05, 0.1) is 12.6 Å². The van der Waals surface area contributed by atoms with Crippen molar-refractivity contribution in [3.8, 4) is 0 Å². The molecule has 164 valence electrons. The predicted molar refractivity (Wildman–Crippen MR) is 123 cm³/mol. The van der Waals surface area contributed by atoms with Gasteiger partial charge < -0.3 is 16.4 Å². The molecule has 6 nitrogen and oxygen atoms in total. The van der Waals surface area contributed by atoms with E-state index in [4.69, 9.17) is 5.73 Å². The predicted octanol–water partition coefficient (Wildman–Crippen LogP) is 2.83. The standard InChI is InChI=1S/C25H32N4O2/c1-17-3-2-4-20(13-17)25(31)27-14-24(30)28-22-15-29(16-22)23-11-7-19(8-12-23)18-5-9-21(26)10-6-18/h2-6,9-10,13,19,22-23H,7-8,11-12,14-16,26H2,1H3,(H,27,31)(H,28,30)/t19-,23+. The van der Waals surface area contributed by atoms with Crippen LogP contribution in [0.4, 0.5) is 5.69 Å². The lowest BCUT2D eigenvalue weighted by molar-refractivity contribution is -0.122. The summed E-state index contributed by atoms with van der Waals surface area (Å²) < 4.78 is 0. The highest BCUT2D eigenvalue weighted by Gasteiger charge is 2.35. The van der Waals surface area contributed by atoms with Crippen molar-refractivity contribution < 1.29 is 9.59 Å². The Morgan fingerprint density at radius 1 is 1.03 bits per heavy atom. The fourth-order valence-electron chi connectivity index (χ4n) is 4.77. The number of benzene rings is 2. The van der Waals surface area contributed by atoms with Crippen LogP contribution in [0, 0.1) is 6.92 Å². The van der Waals surface area contributed by atoms with E-state index in [0.717, 1.165) is 24.3 Å². The molecule has 0 bridgehead atoms. The number of hydrogen-bond acceptors (Lipinski definition) is 4. The molecule has 6 heteroatoms. The number of nitrogens with zero attached hydrogens (tertiary/aromatic N) is 1. The van der Waals surface area contributed by atoms with E-state index < -0.39 is 0 Å². The Morgan fingerprint density at radius 2 is 1.74 bits per heavy atom. The van der Waals surface area contributed by atoms with Crippen LogP contribution in [0.25, 0.3) is 0 Å². The van der Waals surface area contributed by atoms with Crippen molar-refractivity contribution >= 4 is 17.5 Å². The van der Waals surface area contributed by atoms with Crippen molar-refractivity contribution in [2.75, 3.05) is 25.4 Å². The minimum absolute atomic E-state index is 0.00989. The minimum atomic E-state index is -0.216. The number of nitrogens with two attached hydrogens (primary N) is 1. The van der Waals surface area contributed by atoms with Gasteiger partial charge in [0.25, 0.3) is 5.91 Å². The van der Waals surface area contributed by atoms with Gasteiger partial charge in [0.1, 0.15) is 0 Å². The molecule has 1 saturated heterocycles. The third-order valence-corrected chi connectivity index (χ3v) is 6.59. The molecule has 2 aliphatic rings. The monoisotopic (exact) mass is 420 g/mol. The van der Waals surface area contributed by atoms with Crippen molar-refractivity contribution in [3.63, 3.8) is 0 Å². The fraction of sp³-hybridized carbons (Fsp3) is 0.440. The van der Waals surface area contributed by atoms with E-state index in [1.165, 1.54) is 31.2 Å². The SMILES string of the molecule is Cc1cccc(C(=O)NCC(=O)NC2CN([C@H]3CC[C@@H](c4ccc(N)cc4)CC3)C2)c1. The third kappa shape index (κ3) is 5.44. The Balaban J connectivity index is 1.14. The van der Waals surface area contributed by atoms with Crippen LogP contribution in [0.5, 0.6) is 0 Å². The Bertz CT molecular complexity index is 913. The molecular weight excluding hydrogens is 388 g/mol. The Labute approximate surface area is 184 Å². The highest BCUT2D eigenvalue weighted by molar-refractivity contribution is 5.96. The fourth-order valence-corrected chi connectivity index (χ4v) is 4.77. The largest absolute Gasteiger partial charge is 0.399 e. The zero-order valence-electron chi connectivity index (χ0n) is 18.1. The number of likely N-dealkylation sites (tertiary alicyclic amines) is 1. The molecule has 31 heavy (non-hydrogen) atoms. The van der Waals surface area contributed by atoms with Gasteiger partial charge in [0, 0.05) is 30.4 Å². The van der Waals surface area contributed by atoms with Crippen LogP contribution in [0.1, 0.15) is 53.1 Å². The summed E-state index contributed by atoms with van der Waals surface area (Å²) in [5.41, 5.74) is 9.62. The average molecular weight is 421 g/mol. The summed E-state index contributed by atoms with van der Waals surface area (Å²) in [5, 5.41) is 5.74. The molecule has 2 aromatic carbocycles. The second kappa shape index (κ2) is 9.52. The first-order valence-electron chi connectivity index (χ1n) is 11.2. The normalized spacial score (nSPS) is 21.8. The van der Waals surface area contributed by atoms with Crippen molar-refractivity contribution in [2.24, 2.45) is 0 Å². The number of anilines is 1. The molecule has 4 N–H and O–H groups in total. The van der Waals surface area contributed by atoms with Gasteiger partial charge in [-0.3, -0.25) is 14.5 Å². The molecule has 2 fully saturated rings. The summed E-state index contributed by atoms with van der Waals surface area (Å²) in [6, 6.07) is 16.5. The first-order valence-corrected chi connectivity index (χ1v) is 11.2. The van der Waals surface area contributed by atoms with Gasteiger partial charge in [-0.25, -0.2) is 0 Å². The van der Waals surface area contributed by atoms with E-state index in [1.807, 2.05) is 37.3 Å². The van der Waals surface area contributed by atoms with E-state index in [-0.39, 0.29) is 24.4 Å². The van der Waals surface area contributed by atoms with E-state index in [1.54, 1.807) is 6.07 Å². The number of carbonyl (C=O) groups excluding carboxylic acids is 2. The van der Waals surface area contributed by atoms with Crippen LogP contribution in [-0.2, 0) is 4.79 Å². The van der Waals surface area contributed by atoms with Gasteiger partial charge in [-0.2, -0.15) is 0 Å². The molecule has 0 atom stereocenters. The number of aryl methyl sites for hydroxylation is 1. The minimum Gasteiger partial charge on any atom is -0.399 e. The molecule has 0 unspecified atom stereocenters. The summed E-state index contributed by atoms with van der Waals surface area (Å²) in [6.07, 6.45) is 4.80. The molecule has 2 amide bonds. The summed E-state index contributed by atoms with van der Waals surface area (Å²) in [6.45, 7) is 3.75. The second-order valence-corrected chi connectivity index (χ2v) is 8.94. The van der Waals surface area contributed by atoms with Crippen LogP contribution in [0.2, 0.25) is 0 Å². The number of rotatable bonds is 6. The highest BCUT2D eigenvalue weighted by atomic mass is 16.2. The Morgan fingerprint density at radius 3 is 2.42 bits per heavy atom. The summed E-state index contributed by atoms with van der Waals surface area (Å²) in [5.74, 6) is 0.287. The highest BCUT2D eigenvalue weighted by Crippen LogP contribution is 2.36. The van der Waals surface area contributed by atoms with E-state index >= 15 is 0 Å². The summed E-state index contributed by atoms with van der Waals surface area (Å²) in [4.78, 5) is 26.9. The first-order chi connectivity index (χ1) is 15.0. The van der Waals surface area contributed by atoms with Crippen LogP contribution in [-0.4, -0.2) is 48.4 Å². The van der Waals surface area contributed by atoms with E-state index in [9.17, 15) is 9.59 Å². The van der Waals surface area contributed by atoms with Gasteiger partial charge in [0.15, 0.2) is 0 Å². The maximum atomic E-state index is 12.2. The lowest BCUT2D eigenvalue weighted by Gasteiger charge is -2.46. The molecule has 0 aromatic heterocycles. The third-order valence-electron chi connectivity index (χ3n) is 6.59. The van der Waals surface area contributed by atoms with E-state index in [0.29, 0.717) is 17.5 Å². The number of nitrogens with one attached hydrogen (secondary N) is 2. The molecular formula is C25H32N4O2. The Hall–Kier alpha value is -2.86. The number of hydrogen-bond donors (Lipinski definition) is 3. The van der Waals surface area contributed by atoms with Crippen LogP contribution >= 0.6 is 0 Å². The van der Waals surface area contributed by atoms with Crippen molar-refractivity contribution in [1.82, 2.24) is 15.5 Å². The maximum Gasteiger partial charge on any atom is 0.251 e. The quantitative estimate of drug-likeness (QED) is 0.627. The molecule has 1 aliphatic carbocycles. The second-order valence-electron chi connectivity index (χ2n) is 8.94. The van der Waals surface area contributed by atoms with Gasteiger partial charge in [-0.1, -0.05) is 29.8 Å². The summed E-state index contributed by atoms with van der Waals surface area (Å²) >= 11 is 0. The smallest absolute Gasteiger partial charge is 0.251 e. The van der Waals surface area contributed by atoms with Crippen LogP contribution in [0.15, 0.2) is 48.5 Å². The topological polar surface area (TPSA) is 87.5 Å². The number of carbonyl (C=O) groups is 2. The summed E-state index contributed by atoms with van der Waals surface area (Å²) in [7, 11) is 0. The molecule has 0 spiro atoms. The van der Waals surface area contributed by atoms with Crippen molar-refractivity contribution in [3.05, 3.63) is 65.2 Å². The number of nitrogen functional groups attached to an aromatic ring is 1.